The third kappa shape index (κ3) is 3.44. The molecule has 3 N–H and O–H groups in total. The van der Waals surface area contributed by atoms with Gasteiger partial charge in [0.25, 0.3) is 0 Å². The molecule has 0 amide bonds. The largest absolute Gasteiger partial charge is 0.392 e. The monoisotopic (exact) mass is 245 g/mol. The summed E-state index contributed by atoms with van der Waals surface area (Å²) in [7, 11) is 0. The van der Waals surface area contributed by atoms with Crippen LogP contribution in [0, 0.1) is 5.82 Å². The molecule has 0 aliphatic carbocycles. The van der Waals surface area contributed by atoms with E-state index in [1.165, 1.54) is 0 Å². The van der Waals surface area contributed by atoms with E-state index in [0.717, 1.165) is 5.56 Å². The lowest BCUT2D eigenvalue weighted by molar-refractivity contribution is 0.173. The minimum absolute atomic E-state index is 0.150. The second-order valence-electron chi connectivity index (χ2n) is 3.83. The Balaban J connectivity index is 2.78. The number of hydrogen-bond donors (Lipinski definition) is 2. The molecule has 1 aromatic rings. The van der Waals surface area contributed by atoms with Gasteiger partial charge in [-0.1, -0.05) is 24.6 Å². The van der Waals surface area contributed by atoms with E-state index in [2.05, 4.69) is 0 Å². The van der Waals surface area contributed by atoms with Crippen LogP contribution in [-0.2, 0) is 12.8 Å². The molecule has 0 fully saturated rings. The highest BCUT2D eigenvalue weighted by Crippen LogP contribution is 2.22. The lowest BCUT2D eigenvalue weighted by atomic mass is 10.0. The summed E-state index contributed by atoms with van der Waals surface area (Å²) in [4.78, 5) is 0. The van der Waals surface area contributed by atoms with Crippen molar-refractivity contribution < 1.29 is 9.50 Å². The fraction of sp³-hybridized carbons (Fsp3) is 0.500. The Labute approximate surface area is 100 Å². The van der Waals surface area contributed by atoms with E-state index >= 15 is 0 Å². The maximum atomic E-state index is 13.4. The normalized spacial score (nSPS) is 12.8. The van der Waals surface area contributed by atoms with Gasteiger partial charge in [-0.05, 0) is 36.5 Å². The van der Waals surface area contributed by atoms with Crippen molar-refractivity contribution in [2.45, 2.75) is 32.3 Å². The molecule has 1 atom stereocenters. The molecule has 0 aliphatic heterocycles. The number of rotatable bonds is 5. The Morgan fingerprint density at radius 3 is 2.75 bits per heavy atom. The molecule has 4 heteroatoms. The van der Waals surface area contributed by atoms with Gasteiger partial charge in [0.05, 0.1) is 11.1 Å². The molecular weight excluding hydrogens is 229 g/mol. The summed E-state index contributed by atoms with van der Waals surface area (Å²) in [6, 6.07) is 3.41. The van der Waals surface area contributed by atoms with Crippen LogP contribution < -0.4 is 5.73 Å². The van der Waals surface area contributed by atoms with Crippen LogP contribution in [0.5, 0.6) is 0 Å². The van der Waals surface area contributed by atoms with Crippen molar-refractivity contribution in [1.29, 1.82) is 0 Å². The zero-order chi connectivity index (χ0) is 12.1. The van der Waals surface area contributed by atoms with Gasteiger partial charge in [-0.25, -0.2) is 4.39 Å². The zero-order valence-electron chi connectivity index (χ0n) is 9.34. The summed E-state index contributed by atoms with van der Waals surface area (Å²) in [5.74, 6) is -0.340. The van der Waals surface area contributed by atoms with Gasteiger partial charge in [0.15, 0.2) is 0 Å². The van der Waals surface area contributed by atoms with Crippen molar-refractivity contribution in [2.24, 2.45) is 5.73 Å². The maximum Gasteiger partial charge on any atom is 0.144 e. The van der Waals surface area contributed by atoms with Gasteiger partial charge < -0.3 is 10.8 Å². The molecule has 16 heavy (non-hydrogen) atoms. The predicted octanol–water partition coefficient (Wildman–Crippen LogP) is 2.29. The van der Waals surface area contributed by atoms with Gasteiger partial charge in [0.2, 0.25) is 0 Å². The standard InChI is InChI=1S/C12H17ClFNO/c1-2-9-5-8(3-4-10(16)7-15)6-11(13)12(9)14/h5-6,10,16H,2-4,7,15H2,1H3. The van der Waals surface area contributed by atoms with Crippen LogP contribution in [0.15, 0.2) is 12.1 Å². The van der Waals surface area contributed by atoms with Crippen molar-refractivity contribution in [3.8, 4) is 0 Å². The van der Waals surface area contributed by atoms with Gasteiger partial charge in [0.1, 0.15) is 5.82 Å². The van der Waals surface area contributed by atoms with Crippen molar-refractivity contribution in [1.82, 2.24) is 0 Å². The molecule has 2 nitrogen and oxygen atoms in total. The minimum atomic E-state index is -0.506. The molecule has 1 unspecified atom stereocenters. The fourth-order valence-corrected chi connectivity index (χ4v) is 1.82. The zero-order valence-corrected chi connectivity index (χ0v) is 10.1. The van der Waals surface area contributed by atoms with Gasteiger partial charge in [0, 0.05) is 6.54 Å². The molecule has 0 saturated carbocycles. The molecule has 1 rings (SSSR count). The molecule has 0 aliphatic rings. The summed E-state index contributed by atoms with van der Waals surface area (Å²) in [6.07, 6.45) is 1.33. The van der Waals surface area contributed by atoms with E-state index in [1.807, 2.05) is 6.92 Å². The molecule has 0 aromatic heterocycles. The topological polar surface area (TPSA) is 46.2 Å². The van der Waals surface area contributed by atoms with Crippen LogP contribution in [-0.4, -0.2) is 17.8 Å². The second-order valence-corrected chi connectivity index (χ2v) is 4.24. The van der Waals surface area contributed by atoms with Gasteiger partial charge >= 0.3 is 0 Å². The number of aryl methyl sites for hydroxylation is 2. The Morgan fingerprint density at radius 1 is 1.50 bits per heavy atom. The van der Waals surface area contributed by atoms with Crippen LogP contribution >= 0.6 is 11.6 Å². The van der Waals surface area contributed by atoms with E-state index in [-0.39, 0.29) is 17.4 Å². The van der Waals surface area contributed by atoms with Crippen LogP contribution in [0.1, 0.15) is 24.5 Å². The molecule has 0 radical (unpaired) electrons. The van der Waals surface area contributed by atoms with Gasteiger partial charge in [-0.15, -0.1) is 0 Å². The Morgan fingerprint density at radius 2 is 2.19 bits per heavy atom. The first-order chi connectivity index (χ1) is 7.58. The van der Waals surface area contributed by atoms with Crippen LogP contribution in [0.2, 0.25) is 5.02 Å². The van der Waals surface area contributed by atoms with Gasteiger partial charge in [-0.3, -0.25) is 0 Å². The van der Waals surface area contributed by atoms with E-state index < -0.39 is 6.10 Å². The highest BCUT2D eigenvalue weighted by molar-refractivity contribution is 6.30. The first kappa shape index (κ1) is 13.4. The predicted molar refractivity (Wildman–Crippen MR) is 64.2 cm³/mol. The summed E-state index contributed by atoms with van der Waals surface area (Å²) in [5, 5.41) is 9.49. The molecular formula is C12H17ClFNO. The minimum Gasteiger partial charge on any atom is -0.392 e. The average Bonchev–Trinajstić information content (AvgIpc) is 2.29. The van der Waals surface area contributed by atoms with E-state index in [1.54, 1.807) is 12.1 Å². The molecule has 1 aromatic carbocycles. The number of hydrogen-bond acceptors (Lipinski definition) is 2. The second kappa shape index (κ2) is 6.18. The Bertz CT molecular complexity index is 357. The number of nitrogens with two attached hydrogens (primary N) is 1. The van der Waals surface area contributed by atoms with Crippen LogP contribution in [0.3, 0.4) is 0 Å². The first-order valence-electron chi connectivity index (χ1n) is 5.43. The van der Waals surface area contributed by atoms with Crippen LogP contribution in [0.25, 0.3) is 0 Å². The lowest BCUT2D eigenvalue weighted by Crippen LogP contribution is -2.20. The van der Waals surface area contributed by atoms with E-state index in [0.29, 0.717) is 24.8 Å². The number of aliphatic hydroxyl groups excluding tert-OH is 1. The average molecular weight is 246 g/mol. The highest BCUT2D eigenvalue weighted by Gasteiger charge is 2.09. The molecule has 90 valence electrons. The summed E-state index contributed by atoms with van der Waals surface area (Å²) < 4.78 is 13.4. The van der Waals surface area contributed by atoms with Crippen molar-refractivity contribution in [3.63, 3.8) is 0 Å². The van der Waals surface area contributed by atoms with Crippen molar-refractivity contribution in [3.05, 3.63) is 34.1 Å². The fourth-order valence-electron chi connectivity index (χ4n) is 1.56. The molecule has 0 heterocycles. The van der Waals surface area contributed by atoms with Crippen molar-refractivity contribution in [2.75, 3.05) is 6.54 Å². The molecule has 0 saturated heterocycles. The number of halogens is 2. The smallest absolute Gasteiger partial charge is 0.144 e. The molecule has 0 spiro atoms. The maximum absolute atomic E-state index is 13.4. The SMILES string of the molecule is CCc1cc(CCC(O)CN)cc(Cl)c1F. The van der Waals surface area contributed by atoms with E-state index in [4.69, 9.17) is 17.3 Å². The number of aliphatic hydroxyl groups is 1. The Kier molecular flexibility index (Phi) is 5.19. The summed E-state index contributed by atoms with van der Waals surface area (Å²) >= 11 is 5.78. The Hall–Kier alpha value is -0.640. The first-order valence-corrected chi connectivity index (χ1v) is 5.81. The number of benzene rings is 1. The highest BCUT2D eigenvalue weighted by atomic mass is 35.5. The van der Waals surface area contributed by atoms with Gasteiger partial charge in [-0.2, -0.15) is 0 Å². The summed E-state index contributed by atoms with van der Waals surface area (Å²) in [5.41, 5.74) is 6.87. The quantitative estimate of drug-likeness (QED) is 0.836. The van der Waals surface area contributed by atoms with E-state index in [9.17, 15) is 9.50 Å². The third-order valence-electron chi connectivity index (χ3n) is 2.58. The lowest BCUT2D eigenvalue weighted by Gasteiger charge is -2.10. The van der Waals surface area contributed by atoms with Crippen molar-refractivity contribution >= 4 is 11.6 Å². The third-order valence-corrected chi connectivity index (χ3v) is 2.86. The molecule has 0 bridgehead atoms. The summed E-state index contributed by atoms with van der Waals surface area (Å²) in [6.45, 7) is 2.13. The van der Waals surface area contributed by atoms with Crippen LogP contribution in [0.4, 0.5) is 4.39 Å².